The molecule has 1 aliphatic heterocycles. The Morgan fingerprint density at radius 3 is 2.11 bits per heavy atom. The predicted octanol–water partition coefficient (Wildman–Crippen LogP) is 8.30. The molecule has 0 saturated carbocycles. The van der Waals surface area contributed by atoms with E-state index in [-0.39, 0.29) is 54.0 Å². The lowest BCUT2D eigenvalue weighted by atomic mass is 10.0. The molecule has 1 aliphatic rings. The van der Waals surface area contributed by atoms with Gasteiger partial charge in [-0.15, -0.1) is 0 Å². The molecule has 0 fully saturated rings. The quantitative estimate of drug-likeness (QED) is 0.200. The molecule has 290 valence electrons. The number of ether oxygens (including phenoxy) is 2. The van der Waals surface area contributed by atoms with Crippen LogP contribution in [-0.2, 0) is 23.6 Å². The summed E-state index contributed by atoms with van der Waals surface area (Å²) in [6.07, 6.45) is -7.47. The van der Waals surface area contributed by atoms with E-state index >= 15 is 0 Å². The summed E-state index contributed by atoms with van der Waals surface area (Å²) in [7, 11) is 1.84. The average Bonchev–Trinajstić information content (AvgIpc) is 3.09. The minimum atomic E-state index is -4.52. The zero-order valence-corrected chi connectivity index (χ0v) is 30.1. The molecule has 9 nitrogen and oxygen atoms in total. The maximum atomic E-state index is 14.4. The van der Waals surface area contributed by atoms with E-state index in [9.17, 15) is 41.0 Å². The number of hydrogen-bond donors (Lipinski definition) is 3. The van der Waals surface area contributed by atoms with E-state index < -0.39 is 41.5 Å². The van der Waals surface area contributed by atoms with Crippen molar-refractivity contribution in [3.05, 3.63) is 89.0 Å². The van der Waals surface area contributed by atoms with Crippen LogP contribution in [0.2, 0.25) is 0 Å². The Morgan fingerprint density at radius 1 is 0.925 bits per heavy atom. The maximum absolute atomic E-state index is 14.4. The van der Waals surface area contributed by atoms with Crippen LogP contribution in [0.15, 0.2) is 66.7 Å². The fourth-order valence-corrected chi connectivity index (χ4v) is 5.98. The van der Waals surface area contributed by atoms with Crippen molar-refractivity contribution in [2.24, 2.45) is 5.92 Å². The summed E-state index contributed by atoms with van der Waals surface area (Å²) in [6, 6.07) is 12.2. The number of fused-ring (bicyclic) bond motifs is 1. The van der Waals surface area contributed by atoms with Crippen LogP contribution in [0.25, 0.3) is 0 Å². The number of aliphatic hydroxyl groups excluding tert-OH is 1. The number of carbonyl (C=O) groups is 2. The lowest BCUT2D eigenvalue weighted by Gasteiger charge is -2.36. The fourth-order valence-electron chi connectivity index (χ4n) is 5.98. The number of likely N-dealkylation sites (N-methyl/N-ethyl adjacent to an activating group) is 1. The third-order valence-corrected chi connectivity index (χ3v) is 9.00. The van der Waals surface area contributed by atoms with Crippen molar-refractivity contribution in [1.29, 1.82) is 0 Å². The Balaban J connectivity index is 1.55. The highest BCUT2D eigenvalue weighted by atomic mass is 19.4. The zero-order chi connectivity index (χ0) is 38.9. The van der Waals surface area contributed by atoms with Gasteiger partial charge in [-0.2, -0.15) is 26.3 Å². The lowest BCUT2D eigenvalue weighted by molar-refractivity contribution is -0.138. The van der Waals surface area contributed by atoms with Crippen LogP contribution in [-0.4, -0.2) is 78.4 Å². The van der Waals surface area contributed by atoms with Gasteiger partial charge < -0.3 is 30.1 Å². The molecule has 0 bridgehead atoms. The maximum Gasteiger partial charge on any atom is 0.416 e. The topological polar surface area (TPSA) is 103 Å². The molecule has 15 heteroatoms. The van der Waals surface area contributed by atoms with Crippen LogP contribution >= 0.6 is 0 Å². The number of benzene rings is 3. The van der Waals surface area contributed by atoms with Gasteiger partial charge in [0.05, 0.1) is 41.5 Å². The van der Waals surface area contributed by atoms with Crippen LogP contribution in [0.4, 0.5) is 42.5 Å². The second-order valence-electron chi connectivity index (χ2n) is 13.6. The molecule has 0 spiro atoms. The Kier molecular flexibility index (Phi) is 14.2. The number of urea groups is 1. The molecule has 4 atom stereocenters. The van der Waals surface area contributed by atoms with Gasteiger partial charge in [0.1, 0.15) is 5.75 Å². The highest BCUT2D eigenvalue weighted by molar-refractivity contribution is 6.02. The number of halogens is 6. The first kappa shape index (κ1) is 41.4. The molecule has 53 heavy (non-hydrogen) atoms. The highest BCUT2D eigenvalue weighted by Crippen LogP contribution is 2.32. The van der Waals surface area contributed by atoms with Crippen molar-refractivity contribution in [3.63, 3.8) is 0 Å². The smallest absolute Gasteiger partial charge is 0.416 e. The lowest BCUT2D eigenvalue weighted by Crippen LogP contribution is -2.47. The molecule has 0 unspecified atom stereocenters. The summed E-state index contributed by atoms with van der Waals surface area (Å²) in [6.45, 7) is 6.54. The third kappa shape index (κ3) is 12.1. The summed E-state index contributed by atoms with van der Waals surface area (Å²) >= 11 is 0. The second-order valence-corrected chi connectivity index (χ2v) is 13.6. The first-order chi connectivity index (χ1) is 24.9. The van der Waals surface area contributed by atoms with Gasteiger partial charge in [-0.3, -0.25) is 9.69 Å². The Bertz CT molecular complexity index is 1650. The van der Waals surface area contributed by atoms with Crippen molar-refractivity contribution in [2.75, 3.05) is 44.0 Å². The Labute approximate surface area is 305 Å². The number of amides is 3. The normalized spacial score (nSPS) is 19.9. The molecule has 4 rings (SSSR count). The average molecular weight is 753 g/mol. The largest absolute Gasteiger partial charge is 0.490 e. The minimum Gasteiger partial charge on any atom is -0.490 e. The summed E-state index contributed by atoms with van der Waals surface area (Å²) in [4.78, 5) is 30.7. The molecule has 0 saturated heterocycles. The number of nitrogens with one attached hydrogen (secondary N) is 2. The first-order valence-electron chi connectivity index (χ1n) is 17.4. The van der Waals surface area contributed by atoms with Crippen molar-refractivity contribution in [2.45, 2.75) is 77.2 Å². The number of carbonyl (C=O) groups excluding carboxylic acids is 2. The van der Waals surface area contributed by atoms with Crippen molar-refractivity contribution >= 4 is 23.3 Å². The standard InChI is InChI=1S/C38H46F6N4O5/c1-24-20-48(25(2)23-49)35(50)32-19-31(46-36(51)45-30-14-12-29(13-15-30)38(42,43)44)16-17-33(32)53-26(3)7-5-6-18-52-34(24)22-47(4)21-27-8-10-28(11-9-27)37(39,40)41/h8-17,19,24-26,34,49H,5-7,18,20-23H2,1-4H3,(H2,45,46,51)/t24-,25-,26-,34+/m0/s1. The Morgan fingerprint density at radius 2 is 1.51 bits per heavy atom. The molecule has 1 heterocycles. The monoisotopic (exact) mass is 752 g/mol. The number of hydrogen-bond acceptors (Lipinski definition) is 6. The van der Waals surface area contributed by atoms with Gasteiger partial charge in [0.25, 0.3) is 5.91 Å². The molecule has 0 aliphatic carbocycles. The summed E-state index contributed by atoms with van der Waals surface area (Å²) in [5.74, 6) is -0.452. The minimum absolute atomic E-state index is 0.126. The van der Waals surface area contributed by atoms with Gasteiger partial charge in [0.15, 0.2) is 0 Å². The second kappa shape index (κ2) is 18.1. The number of nitrogens with zero attached hydrogens (tertiary/aromatic N) is 2. The van der Waals surface area contributed by atoms with Crippen molar-refractivity contribution in [3.8, 4) is 5.75 Å². The Hall–Kier alpha value is -4.34. The van der Waals surface area contributed by atoms with Gasteiger partial charge in [0.2, 0.25) is 0 Å². The van der Waals surface area contributed by atoms with E-state index in [2.05, 4.69) is 10.6 Å². The van der Waals surface area contributed by atoms with Crippen LogP contribution in [0, 0.1) is 5.92 Å². The van der Waals surface area contributed by atoms with E-state index in [4.69, 9.17) is 9.47 Å². The van der Waals surface area contributed by atoms with E-state index in [0.717, 1.165) is 49.2 Å². The van der Waals surface area contributed by atoms with Crippen molar-refractivity contribution < 1.29 is 50.5 Å². The first-order valence-corrected chi connectivity index (χ1v) is 17.4. The predicted molar refractivity (Wildman–Crippen MR) is 189 cm³/mol. The third-order valence-electron chi connectivity index (χ3n) is 9.00. The van der Waals surface area contributed by atoms with Gasteiger partial charge in [0, 0.05) is 43.5 Å². The number of alkyl halides is 6. The zero-order valence-electron chi connectivity index (χ0n) is 30.1. The molecular weight excluding hydrogens is 706 g/mol. The molecule has 3 N–H and O–H groups in total. The molecule has 3 aromatic carbocycles. The molecular formula is C38H46F6N4O5. The van der Waals surface area contributed by atoms with E-state index in [1.54, 1.807) is 19.1 Å². The van der Waals surface area contributed by atoms with E-state index in [1.165, 1.54) is 23.1 Å². The van der Waals surface area contributed by atoms with Gasteiger partial charge in [-0.25, -0.2) is 4.79 Å². The van der Waals surface area contributed by atoms with E-state index in [0.29, 0.717) is 31.7 Å². The van der Waals surface area contributed by atoms with Gasteiger partial charge in [-0.05, 0) is 100 Å². The van der Waals surface area contributed by atoms with Gasteiger partial charge >= 0.3 is 18.4 Å². The number of anilines is 2. The van der Waals surface area contributed by atoms with Crippen molar-refractivity contribution in [1.82, 2.24) is 9.80 Å². The summed E-state index contributed by atoms with van der Waals surface area (Å²) < 4.78 is 90.7. The summed E-state index contributed by atoms with van der Waals surface area (Å²) in [5, 5.41) is 15.3. The van der Waals surface area contributed by atoms with Gasteiger partial charge in [-0.1, -0.05) is 19.1 Å². The van der Waals surface area contributed by atoms with Crippen LogP contribution in [0.3, 0.4) is 0 Å². The molecule has 0 aromatic heterocycles. The number of aliphatic hydroxyl groups is 1. The summed E-state index contributed by atoms with van der Waals surface area (Å²) in [5.41, 5.74) is -0.412. The van der Waals surface area contributed by atoms with Crippen LogP contribution < -0.4 is 15.4 Å². The fraction of sp³-hybridized carbons (Fsp3) is 0.474. The van der Waals surface area contributed by atoms with Crippen LogP contribution in [0.1, 0.15) is 67.1 Å². The SMILES string of the molecule is C[C@H]1CCCCO[C@H](CN(C)Cc2ccc(C(F)(F)F)cc2)[C@@H](C)CN([C@@H](C)CO)C(=O)c2cc(NC(=O)Nc3ccc(C(F)(F)F)cc3)ccc2O1. The molecule has 3 aromatic rings. The number of rotatable bonds is 8. The molecule has 0 radical (unpaired) electrons. The van der Waals surface area contributed by atoms with Crippen LogP contribution in [0.5, 0.6) is 5.75 Å². The van der Waals surface area contributed by atoms with E-state index in [1.807, 2.05) is 25.8 Å². The highest BCUT2D eigenvalue weighted by Gasteiger charge is 2.32. The molecule has 3 amide bonds.